The number of benzene rings is 2. The Morgan fingerprint density at radius 2 is 2.00 bits per heavy atom. The Bertz CT molecular complexity index is 1530. The first-order chi connectivity index (χ1) is 19.5. The molecule has 8 nitrogen and oxygen atoms in total. The molecule has 3 heterocycles. The molecule has 1 aliphatic carbocycles. The van der Waals surface area contributed by atoms with E-state index in [1.54, 1.807) is 12.3 Å². The van der Waals surface area contributed by atoms with Gasteiger partial charge in [-0.05, 0) is 68.4 Å². The first kappa shape index (κ1) is 26.8. The predicted molar refractivity (Wildman–Crippen MR) is 160 cm³/mol. The summed E-state index contributed by atoms with van der Waals surface area (Å²) in [5, 5.41) is 8.49. The number of hydrogen-bond acceptors (Lipinski definition) is 8. The maximum absolute atomic E-state index is 6.93. The predicted octanol–water partition coefficient (Wildman–Crippen LogP) is 6.83. The van der Waals surface area contributed by atoms with Crippen molar-refractivity contribution in [3.05, 3.63) is 88.9 Å². The van der Waals surface area contributed by atoms with Gasteiger partial charge in [-0.1, -0.05) is 41.8 Å². The number of rotatable bonds is 11. The van der Waals surface area contributed by atoms with Crippen LogP contribution in [0.3, 0.4) is 0 Å². The van der Waals surface area contributed by atoms with Crippen LogP contribution in [0.5, 0.6) is 5.75 Å². The molecule has 0 spiro atoms. The van der Waals surface area contributed by atoms with Gasteiger partial charge in [0.15, 0.2) is 5.72 Å². The number of ether oxygens (including phenoxy) is 2. The van der Waals surface area contributed by atoms with Gasteiger partial charge in [-0.15, -0.1) is 0 Å². The van der Waals surface area contributed by atoms with Gasteiger partial charge in [-0.3, -0.25) is 9.88 Å². The largest absolute Gasteiger partial charge is 0.486 e. The molecule has 1 saturated carbocycles. The Morgan fingerprint density at radius 3 is 2.73 bits per heavy atom. The lowest BCUT2D eigenvalue weighted by molar-refractivity contribution is 0.175. The number of hydrogen-bond donors (Lipinski definition) is 2. The Morgan fingerprint density at radius 1 is 1.12 bits per heavy atom. The fourth-order valence-corrected chi connectivity index (χ4v) is 5.20. The van der Waals surface area contributed by atoms with Crippen LogP contribution in [0.25, 0.3) is 10.9 Å². The van der Waals surface area contributed by atoms with Crippen molar-refractivity contribution < 1.29 is 9.47 Å². The van der Waals surface area contributed by atoms with Gasteiger partial charge in [-0.2, -0.15) is 0 Å². The van der Waals surface area contributed by atoms with E-state index in [1.165, 1.54) is 25.6 Å². The molecular weight excluding hydrogens is 547 g/mol. The number of epoxide rings is 1. The van der Waals surface area contributed by atoms with Crippen molar-refractivity contribution in [2.24, 2.45) is 0 Å². The lowest BCUT2D eigenvalue weighted by Gasteiger charge is -2.34. The van der Waals surface area contributed by atoms with Gasteiger partial charge in [0.25, 0.3) is 0 Å². The Labute approximate surface area is 243 Å². The fourth-order valence-electron chi connectivity index (χ4n) is 4.67. The molecule has 2 aliphatic rings. The second kappa shape index (κ2) is 11.6. The molecular formula is C30H30Cl2N6O2. The molecule has 4 aromatic rings. The van der Waals surface area contributed by atoms with Crippen molar-refractivity contribution >= 4 is 51.3 Å². The van der Waals surface area contributed by atoms with Crippen LogP contribution in [0, 0.1) is 0 Å². The number of likely N-dealkylation sites (N-methyl/N-ethyl adjacent to an activating group) is 1. The minimum Gasteiger partial charge on any atom is -0.486 e. The highest BCUT2D eigenvalue weighted by atomic mass is 35.5. The van der Waals surface area contributed by atoms with E-state index in [4.69, 9.17) is 32.7 Å². The van der Waals surface area contributed by atoms with Crippen LogP contribution in [0.2, 0.25) is 10.0 Å². The topological polar surface area (TPSA) is 87.7 Å². The molecule has 0 radical (unpaired) electrons. The quantitative estimate of drug-likeness (QED) is 0.148. The van der Waals surface area contributed by atoms with Crippen LogP contribution in [0.15, 0.2) is 73.2 Å². The van der Waals surface area contributed by atoms with E-state index in [0.717, 1.165) is 29.1 Å². The number of halogens is 2. The van der Waals surface area contributed by atoms with Gasteiger partial charge in [0.05, 0.1) is 32.3 Å². The highest BCUT2D eigenvalue weighted by Crippen LogP contribution is 2.40. The minimum absolute atomic E-state index is 0.326. The lowest BCUT2D eigenvalue weighted by atomic mass is 9.92. The van der Waals surface area contributed by atoms with E-state index < -0.39 is 5.72 Å². The number of nitrogens with one attached hydrogen (secondary N) is 2. The molecule has 1 atom stereocenters. The Kier molecular flexibility index (Phi) is 7.76. The van der Waals surface area contributed by atoms with Crippen molar-refractivity contribution in [2.75, 3.05) is 30.8 Å². The zero-order chi connectivity index (χ0) is 27.5. The maximum Gasteiger partial charge on any atom is 0.182 e. The smallest absolute Gasteiger partial charge is 0.182 e. The van der Waals surface area contributed by atoms with Gasteiger partial charge in [0.1, 0.15) is 31.1 Å². The number of aromatic nitrogens is 3. The minimum atomic E-state index is -0.556. The van der Waals surface area contributed by atoms with Crippen molar-refractivity contribution in [1.82, 2.24) is 19.9 Å². The van der Waals surface area contributed by atoms with Gasteiger partial charge in [0, 0.05) is 24.5 Å². The van der Waals surface area contributed by atoms with E-state index in [-0.39, 0.29) is 0 Å². The molecule has 0 bridgehead atoms. The zero-order valence-corrected chi connectivity index (χ0v) is 23.6. The molecule has 1 saturated heterocycles. The van der Waals surface area contributed by atoms with Crippen LogP contribution in [-0.2, 0) is 11.3 Å². The summed E-state index contributed by atoms with van der Waals surface area (Å²) < 4.78 is 11.6. The van der Waals surface area contributed by atoms with Gasteiger partial charge >= 0.3 is 0 Å². The van der Waals surface area contributed by atoms with Crippen LogP contribution in [0.4, 0.5) is 17.2 Å². The molecule has 2 aromatic carbocycles. The highest BCUT2D eigenvalue weighted by molar-refractivity contribution is 6.39. The molecule has 2 aromatic heterocycles. The van der Waals surface area contributed by atoms with Crippen molar-refractivity contribution in [2.45, 2.75) is 37.6 Å². The van der Waals surface area contributed by atoms with E-state index in [2.05, 4.69) is 49.7 Å². The highest BCUT2D eigenvalue weighted by Gasteiger charge is 2.42. The van der Waals surface area contributed by atoms with Crippen molar-refractivity contribution in [1.29, 1.82) is 0 Å². The molecule has 1 unspecified atom stereocenters. The SMILES string of the molecule is CN(C/C=C/C1(Nc2ccc3ncnc(Nc4ccc(OCc5ccccn5)c(Cl)c4)c3c2Cl)CO1)C1CCC1. The van der Waals surface area contributed by atoms with Crippen LogP contribution < -0.4 is 15.4 Å². The summed E-state index contributed by atoms with van der Waals surface area (Å²) in [6.45, 7) is 1.79. The van der Waals surface area contributed by atoms with E-state index >= 15 is 0 Å². The molecule has 1 aliphatic heterocycles. The average Bonchev–Trinajstić information content (AvgIpc) is 3.69. The number of nitrogens with zero attached hydrogens (tertiary/aromatic N) is 4. The number of anilines is 3. The summed E-state index contributed by atoms with van der Waals surface area (Å²) >= 11 is 13.5. The second-order valence-corrected chi connectivity index (χ2v) is 10.9. The Hall–Kier alpha value is -3.43. The molecule has 2 fully saturated rings. The number of pyridine rings is 1. The molecule has 206 valence electrons. The summed E-state index contributed by atoms with van der Waals surface area (Å²) in [5.41, 5.74) is 2.47. The standard InChI is InChI=1S/C30H30Cl2N6O2/c1-38(22-7-4-8-22)15-5-13-30(18-40-30)37-25-11-10-24-27(28(25)32)29(35-19-34-24)36-20-9-12-26(23(31)16-20)39-17-21-6-2-3-14-33-21/h2-3,5-6,9-14,16,19,22,37H,4,7-8,15,17-18H2,1H3,(H,34,35,36)/b13-5+. The van der Waals surface area contributed by atoms with Gasteiger partial charge < -0.3 is 20.1 Å². The summed E-state index contributed by atoms with van der Waals surface area (Å²) in [6.07, 6.45) is 11.4. The van der Waals surface area contributed by atoms with Gasteiger partial charge in [0.2, 0.25) is 0 Å². The van der Waals surface area contributed by atoms with Gasteiger partial charge in [-0.25, -0.2) is 9.97 Å². The zero-order valence-electron chi connectivity index (χ0n) is 22.1. The van der Waals surface area contributed by atoms with E-state index in [9.17, 15) is 0 Å². The normalized spacial score (nSPS) is 18.7. The summed E-state index contributed by atoms with van der Waals surface area (Å²) in [7, 11) is 2.17. The summed E-state index contributed by atoms with van der Waals surface area (Å²) in [5.74, 6) is 1.14. The third-order valence-electron chi connectivity index (χ3n) is 7.32. The first-order valence-electron chi connectivity index (χ1n) is 13.3. The molecule has 2 N–H and O–H groups in total. The number of fused-ring (bicyclic) bond motifs is 1. The third-order valence-corrected chi connectivity index (χ3v) is 8.00. The average molecular weight is 578 g/mol. The third kappa shape index (κ3) is 6.00. The van der Waals surface area contributed by atoms with Crippen molar-refractivity contribution in [3.63, 3.8) is 0 Å². The maximum atomic E-state index is 6.93. The molecule has 40 heavy (non-hydrogen) atoms. The van der Waals surface area contributed by atoms with Crippen molar-refractivity contribution in [3.8, 4) is 5.75 Å². The van der Waals surface area contributed by atoms with E-state index in [0.29, 0.717) is 46.3 Å². The Balaban J connectivity index is 1.17. The van der Waals surface area contributed by atoms with Crippen LogP contribution in [0.1, 0.15) is 25.0 Å². The first-order valence-corrected chi connectivity index (χ1v) is 14.1. The molecule has 0 amide bonds. The molecule has 6 rings (SSSR count). The second-order valence-electron chi connectivity index (χ2n) is 10.2. The fraction of sp³-hybridized carbons (Fsp3) is 0.300. The molecule has 10 heteroatoms. The van der Waals surface area contributed by atoms with E-state index in [1.807, 2.05) is 42.5 Å². The van der Waals surface area contributed by atoms with Crippen LogP contribution >= 0.6 is 23.2 Å². The lowest BCUT2D eigenvalue weighted by Crippen LogP contribution is -2.37. The van der Waals surface area contributed by atoms with Crippen LogP contribution in [-0.4, -0.2) is 51.8 Å². The monoisotopic (exact) mass is 576 g/mol. The summed E-state index contributed by atoms with van der Waals surface area (Å²) in [6, 6.07) is 15.7. The summed E-state index contributed by atoms with van der Waals surface area (Å²) in [4.78, 5) is 15.6.